The highest BCUT2D eigenvalue weighted by molar-refractivity contribution is 5.93. The van der Waals surface area contributed by atoms with Gasteiger partial charge in [0.2, 0.25) is 0 Å². The monoisotopic (exact) mass is 237 g/mol. The van der Waals surface area contributed by atoms with E-state index in [1.807, 2.05) is 19.9 Å². The summed E-state index contributed by atoms with van der Waals surface area (Å²) in [5.41, 5.74) is 1.49. The number of aryl methyl sites for hydroxylation is 2. The third kappa shape index (κ3) is 2.49. The van der Waals surface area contributed by atoms with Crippen molar-refractivity contribution >= 4 is 5.91 Å². The fourth-order valence-electron chi connectivity index (χ4n) is 2.05. The normalized spacial score (nSPS) is 15.0. The van der Waals surface area contributed by atoms with Crippen molar-refractivity contribution in [3.05, 3.63) is 17.5 Å². The molecule has 94 valence electrons. The minimum atomic E-state index is -0.0102. The fraction of sp³-hybridized carbons (Fsp3) is 0.667. The summed E-state index contributed by atoms with van der Waals surface area (Å²) in [6.45, 7) is 4.97. The highest BCUT2D eigenvalue weighted by Gasteiger charge is 2.33. The topological polar surface area (TPSA) is 58.4 Å². The summed E-state index contributed by atoms with van der Waals surface area (Å²) < 4.78 is 1.73. The lowest BCUT2D eigenvalue weighted by Gasteiger charge is -2.21. The van der Waals surface area contributed by atoms with E-state index in [-0.39, 0.29) is 12.5 Å². The van der Waals surface area contributed by atoms with Crippen molar-refractivity contribution in [3.63, 3.8) is 0 Å². The number of carbonyl (C=O) groups is 1. The van der Waals surface area contributed by atoms with Gasteiger partial charge in [-0.15, -0.1) is 0 Å². The molecule has 1 saturated carbocycles. The van der Waals surface area contributed by atoms with Gasteiger partial charge in [-0.1, -0.05) is 0 Å². The van der Waals surface area contributed by atoms with Crippen LogP contribution in [0.3, 0.4) is 0 Å². The van der Waals surface area contributed by atoms with Crippen molar-refractivity contribution in [2.75, 3.05) is 13.2 Å². The molecular formula is C12H19N3O2. The zero-order valence-corrected chi connectivity index (χ0v) is 10.4. The maximum Gasteiger partial charge on any atom is 0.272 e. The first kappa shape index (κ1) is 12.1. The van der Waals surface area contributed by atoms with Crippen LogP contribution >= 0.6 is 0 Å². The van der Waals surface area contributed by atoms with Crippen molar-refractivity contribution in [2.45, 2.75) is 39.3 Å². The van der Waals surface area contributed by atoms with Gasteiger partial charge in [-0.25, -0.2) is 0 Å². The molecule has 0 bridgehead atoms. The molecule has 0 atom stereocenters. The van der Waals surface area contributed by atoms with Crippen molar-refractivity contribution in [3.8, 4) is 0 Å². The van der Waals surface area contributed by atoms with E-state index in [4.69, 9.17) is 5.11 Å². The first-order chi connectivity index (χ1) is 8.17. The molecule has 0 aromatic carbocycles. The summed E-state index contributed by atoms with van der Waals surface area (Å²) in [5.74, 6) is -0.0102. The van der Waals surface area contributed by atoms with Crippen molar-refractivity contribution in [1.29, 1.82) is 0 Å². The van der Waals surface area contributed by atoms with Crippen LogP contribution in [0.5, 0.6) is 0 Å². The Hall–Kier alpha value is -1.36. The second kappa shape index (κ2) is 4.87. The second-order valence-electron chi connectivity index (χ2n) is 4.44. The second-order valence-corrected chi connectivity index (χ2v) is 4.44. The Morgan fingerprint density at radius 1 is 1.65 bits per heavy atom. The van der Waals surface area contributed by atoms with Crippen LogP contribution in [0.4, 0.5) is 0 Å². The van der Waals surface area contributed by atoms with Gasteiger partial charge in [0, 0.05) is 19.1 Å². The molecule has 0 saturated heterocycles. The Kier molecular flexibility index (Phi) is 3.47. The quantitative estimate of drug-likeness (QED) is 0.824. The average Bonchev–Trinajstić information content (AvgIpc) is 3.08. The molecule has 5 nitrogen and oxygen atoms in total. The zero-order valence-electron chi connectivity index (χ0n) is 10.4. The lowest BCUT2D eigenvalue weighted by Crippen LogP contribution is -2.36. The van der Waals surface area contributed by atoms with Crippen molar-refractivity contribution in [2.24, 2.45) is 0 Å². The Balaban J connectivity index is 2.21. The van der Waals surface area contributed by atoms with E-state index in [0.717, 1.165) is 18.5 Å². The Labute approximate surface area is 101 Å². The molecule has 17 heavy (non-hydrogen) atoms. The van der Waals surface area contributed by atoms with Gasteiger partial charge in [-0.3, -0.25) is 9.48 Å². The van der Waals surface area contributed by atoms with Gasteiger partial charge in [-0.05, 0) is 32.8 Å². The number of nitrogens with zero attached hydrogens (tertiary/aromatic N) is 3. The van der Waals surface area contributed by atoms with E-state index in [0.29, 0.717) is 24.8 Å². The van der Waals surface area contributed by atoms with Crippen LogP contribution < -0.4 is 0 Å². The number of amides is 1. The highest BCUT2D eigenvalue weighted by Crippen LogP contribution is 2.28. The molecule has 1 N–H and O–H groups in total. The van der Waals surface area contributed by atoms with Crippen LogP contribution in [0.2, 0.25) is 0 Å². The Bertz CT molecular complexity index is 410. The van der Waals surface area contributed by atoms with Crippen LogP contribution in [0, 0.1) is 6.92 Å². The maximum atomic E-state index is 12.4. The molecule has 0 radical (unpaired) electrons. The summed E-state index contributed by atoms with van der Waals surface area (Å²) >= 11 is 0. The summed E-state index contributed by atoms with van der Waals surface area (Å²) in [6, 6.07) is 2.13. The van der Waals surface area contributed by atoms with Crippen molar-refractivity contribution < 1.29 is 9.90 Å². The average molecular weight is 237 g/mol. The number of aliphatic hydroxyl groups is 1. The first-order valence-corrected chi connectivity index (χ1v) is 6.13. The predicted molar refractivity (Wildman–Crippen MR) is 63.8 cm³/mol. The number of aliphatic hydroxyl groups excluding tert-OH is 1. The van der Waals surface area contributed by atoms with E-state index in [1.165, 1.54) is 0 Å². The van der Waals surface area contributed by atoms with Gasteiger partial charge >= 0.3 is 0 Å². The minimum Gasteiger partial charge on any atom is -0.395 e. The molecule has 0 aliphatic heterocycles. The molecule has 2 rings (SSSR count). The standard InChI is InChI=1S/C12H19N3O2/c1-3-15-11(8-9(2)13-15)12(17)14(6-7-16)10-4-5-10/h8,10,16H,3-7H2,1-2H3. The Morgan fingerprint density at radius 2 is 2.35 bits per heavy atom. The molecule has 1 aliphatic carbocycles. The molecular weight excluding hydrogens is 218 g/mol. The van der Waals surface area contributed by atoms with Gasteiger partial charge in [0.05, 0.1) is 12.3 Å². The van der Waals surface area contributed by atoms with Crippen LogP contribution in [0.15, 0.2) is 6.07 Å². The smallest absolute Gasteiger partial charge is 0.272 e. The zero-order chi connectivity index (χ0) is 12.4. The summed E-state index contributed by atoms with van der Waals surface area (Å²) in [5, 5.41) is 13.3. The SMILES string of the molecule is CCn1nc(C)cc1C(=O)N(CCO)C1CC1. The third-order valence-electron chi connectivity index (χ3n) is 3.01. The molecule has 5 heteroatoms. The molecule has 1 fully saturated rings. The van der Waals surface area contributed by atoms with E-state index < -0.39 is 0 Å². The van der Waals surface area contributed by atoms with Crippen LogP contribution in [0.1, 0.15) is 35.9 Å². The van der Waals surface area contributed by atoms with Crippen molar-refractivity contribution in [1.82, 2.24) is 14.7 Å². The highest BCUT2D eigenvalue weighted by atomic mass is 16.3. The van der Waals surface area contributed by atoms with E-state index in [1.54, 1.807) is 9.58 Å². The summed E-state index contributed by atoms with van der Waals surface area (Å²) in [7, 11) is 0. The predicted octanol–water partition coefficient (Wildman–Crippen LogP) is 0.808. The summed E-state index contributed by atoms with van der Waals surface area (Å²) in [4.78, 5) is 14.1. The van der Waals surface area contributed by atoms with E-state index in [9.17, 15) is 4.79 Å². The van der Waals surface area contributed by atoms with Crippen LogP contribution in [0.25, 0.3) is 0 Å². The maximum absolute atomic E-state index is 12.4. The van der Waals surface area contributed by atoms with Crippen LogP contribution in [-0.4, -0.2) is 44.9 Å². The lowest BCUT2D eigenvalue weighted by molar-refractivity contribution is 0.0695. The third-order valence-corrected chi connectivity index (χ3v) is 3.01. The van der Waals surface area contributed by atoms with Gasteiger partial charge in [0.1, 0.15) is 5.69 Å². The Morgan fingerprint density at radius 3 is 2.88 bits per heavy atom. The van der Waals surface area contributed by atoms with Gasteiger partial charge in [0.25, 0.3) is 5.91 Å². The molecule has 1 aromatic rings. The van der Waals surface area contributed by atoms with Crippen LogP contribution in [-0.2, 0) is 6.54 Å². The van der Waals surface area contributed by atoms with E-state index in [2.05, 4.69) is 5.10 Å². The lowest BCUT2D eigenvalue weighted by atomic mass is 10.3. The molecule has 1 aliphatic rings. The molecule has 1 heterocycles. The van der Waals surface area contributed by atoms with Gasteiger partial charge in [-0.2, -0.15) is 5.10 Å². The number of carbonyl (C=O) groups excluding carboxylic acids is 1. The number of hydrogen-bond donors (Lipinski definition) is 1. The molecule has 0 spiro atoms. The summed E-state index contributed by atoms with van der Waals surface area (Å²) in [6.07, 6.45) is 2.09. The fourth-order valence-corrected chi connectivity index (χ4v) is 2.05. The molecule has 1 amide bonds. The number of aromatic nitrogens is 2. The molecule has 0 unspecified atom stereocenters. The first-order valence-electron chi connectivity index (χ1n) is 6.13. The largest absolute Gasteiger partial charge is 0.395 e. The minimum absolute atomic E-state index is 0.0102. The molecule has 1 aromatic heterocycles. The van der Waals surface area contributed by atoms with E-state index >= 15 is 0 Å². The van der Waals surface area contributed by atoms with Gasteiger partial charge in [0.15, 0.2) is 0 Å². The number of hydrogen-bond acceptors (Lipinski definition) is 3. The van der Waals surface area contributed by atoms with Gasteiger partial charge < -0.3 is 10.0 Å². The number of rotatable bonds is 5.